The van der Waals surface area contributed by atoms with Crippen molar-refractivity contribution in [2.24, 2.45) is 5.41 Å². The Morgan fingerprint density at radius 3 is 2.47 bits per heavy atom. The number of amides is 1. The van der Waals surface area contributed by atoms with E-state index < -0.39 is 0 Å². The van der Waals surface area contributed by atoms with E-state index in [4.69, 9.17) is 0 Å². The van der Waals surface area contributed by atoms with Crippen molar-refractivity contribution in [3.8, 4) is 0 Å². The van der Waals surface area contributed by atoms with E-state index in [0.29, 0.717) is 0 Å². The normalized spacial score (nSPS) is 16.5. The molecule has 0 spiro atoms. The van der Waals surface area contributed by atoms with Gasteiger partial charge in [0.05, 0.1) is 8.66 Å². The Labute approximate surface area is 135 Å². The first-order chi connectivity index (χ1) is 8.79. The summed E-state index contributed by atoms with van der Waals surface area (Å²) in [6.45, 7) is 8.21. The highest BCUT2D eigenvalue weighted by Crippen LogP contribution is 2.34. The predicted octanol–water partition coefficient (Wildman–Crippen LogP) is 5.09. The minimum Gasteiger partial charge on any atom is -0.334 e. The van der Waals surface area contributed by atoms with Gasteiger partial charge in [-0.15, -0.1) is 11.3 Å². The van der Waals surface area contributed by atoms with Crippen molar-refractivity contribution in [2.45, 2.75) is 27.2 Å². The van der Waals surface area contributed by atoms with Crippen LogP contribution in [0.1, 0.15) is 36.9 Å². The van der Waals surface area contributed by atoms with Crippen molar-refractivity contribution >= 4 is 49.1 Å². The number of carbonyl (C=O) groups is 1. The fraction of sp³-hybridized carbons (Fsp3) is 0.500. The van der Waals surface area contributed by atoms with Crippen LogP contribution in [-0.4, -0.2) is 23.9 Å². The van der Waals surface area contributed by atoms with Gasteiger partial charge in [0.25, 0.3) is 5.91 Å². The van der Waals surface area contributed by atoms with E-state index in [2.05, 4.69) is 58.7 Å². The average Bonchev–Trinajstić information content (AvgIpc) is 2.68. The molecule has 0 aliphatic carbocycles. The second-order valence-electron chi connectivity index (χ2n) is 5.71. The summed E-state index contributed by atoms with van der Waals surface area (Å²) in [7, 11) is 0. The molecule has 0 aromatic carbocycles. The zero-order valence-electron chi connectivity index (χ0n) is 11.3. The molecule has 5 heteroatoms. The minimum absolute atomic E-state index is 0.126. The SMILES string of the molecule is CC(C)(C)C1=CCN(C(=O)c2cc(Br)c(Br)s2)CC1. The molecule has 0 saturated carbocycles. The summed E-state index contributed by atoms with van der Waals surface area (Å²) in [5.74, 6) is 0.126. The number of carbonyl (C=O) groups excluding carboxylic acids is 1. The van der Waals surface area contributed by atoms with Crippen LogP contribution in [0.4, 0.5) is 0 Å². The Bertz CT molecular complexity index is 509. The molecule has 0 N–H and O–H groups in total. The van der Waals surface area contributed by atoms with Crippen LogP contribution in [0, 0.1) is 5.41 Å². The van der Waals surface area contributed by atoms with Gasteiger partial charge in [-0.2, -0.15) is 0 Å². The summed E-state index contributed by atoms with van der Waals surface area (Å²) in [5.41, 5.74) is 1.66. The second-order valence-corrected chi connectivity index (χ2v) is 8.94. The Balaban J connectivity index is 2.10. The van der Waals surface area contributed by atoms with Crippen LogP contribution in [0.3, 0.4) is 0 Å². The Morgan fingerprint density at radius 2 is 2.05 bits per heavy atom. The summed E-state index contributed by atoms with van der Waals surface area (Å²) in [6.07, 6.45) is 3.18. The molecule has 1 aromatic heterocycles. The molecule has 0 bridgehead atoms. The second kappa shape index (κ2) is 5.70. The van der Waals surface area contributed by atoms with E-state index in [1.165, 1.54) is 16.9 Å². The Morgan fingerprint density at radius 1 is 1.37 bits per heavy atom. The molecule has 2 nitrogen and oxygen atoms in total. The standard InChI is InChI=1S/C14H17Br2NOS/c1-14(2,3)9-4-6-17(7-5-9)13(18)11-8-10(15)12(16)19-11/h4,8H,5-7H2,1-3H3. The van der Waals surface area contributed by atoms with E-state index in [0.717, 1.165) is 32.6 Å². The van der Waals surface area contributed by atoms with Gasteiger partial charge in [-0.25, -0.2) is 0 Å². The lowest BCUT2D eigenvalue weighted by Gasteiger charge is -2.32. The van der Waals surface area contributed by atoms with Crippen LogP contribution < -0.4 is 0 Å². The Hall–Kier alpha value is -0.130. The van der Waals surface area contributed by atoms with E-state index in [9.17, 15) is 4.79 Å². The molecule has 0 saturated heterocycles. The molecule has 1 amide bonds. The van der Waals surface area contributed by atoms with Crippen molar-refractivity contribution in [1.29, 1.82) is 0 Å². The fourth-order valence-electron chi connectivity index (χ4n) is 2.14. The van der Waals surface area contributed by atoms with Gasteiger partial charge in [0.1, 0.15) is 0 Å². The highest BCUT2D eigenvalue weighted by Gasteiger charge is 2.25. The van der Waals surface area contributed by atoms with Gasteiger partial charge in [0, 0.05) is 17.6 Å². The first kappa shape index (κ1) is 15.3. The smallest absolute Gasteiger partial charge is 0.264 e. The minimum atomic E-state index is 0.126. The van der Waals surface area contributed by atoms with Crippen LogP contribution in [-0.2, 0) is 0 Å². The lowest BCUT2D eigenvalue weighted by atomic mass is 9.83. The van der Waals surface area contributed by atoms with E-state index in [1.807, 2.05) is 11.0 Å². The monoisotopic (exact) mass is 405 g/mol. The molecule has 0 atom stereocenters. The van der Waals surface area contributed by atoms with Crippen LogP contribution >= 0.6 is 43.2 Å². The summed E-state index contributed by atoms with van der Waals surface area (Å²) < 4.78 is 1.92. The summed E-state index contributed by atoms with van der Waals surface area (Å²) in [6, 6.07) is 1.89. The van der Waals surface area contributed by atoms with Gasteiger partial charge in [0.2, 0.25) is 0 Å². The van der Waals surface area contributed by atoms with Gasteiger partial charge in [-0.05, 0) is 49.8 Å². The molecule has 0 radical (unpaired) electrons. The number of thiophene rings is 1. The maximum Gasteiger partial charge on any atom is 0.264 e. The number of hydrogen-bond donors (Lipinski definition) is 0. The lowest BCUT2D eigenvalue weighted by molar-refractivity contribution is 0.0769. The molecule has 0 unspecified atom stereocenters. The highest BCUT2D eigenvalue weighted by atomic mass is 79.9. The first-order valence-electron chi connectivity index (χ1n) is 6.22. The van der Waals surface area contributed by atoms with Crippen LogP contribution in [0.15, 0.2) is 26.0 Å². The maximum absolute atomic E-state index is 12.4. The van der Waals surface area contributed by atoms with Gasteiger partial charge in [-0.3, -0.25) is 4.79 Å². The number of nitrogens with zero attached hydrogens (tertiary/aromatic N) is 1. The molecule has 1 aromatic rings. The lowest BCUT2D eigenvalue weighted by Crippen LogP contribution is -2.36. The van der Waals surface area contributed by atoms with Crippen molar-refractivity contribution in [3.63, 3.8) is 0 Å². The maximum atomic E-state index is 12.4. The topological polar surface area (TPSA) is 20.3 Å². The molecule has 2 rings (SSSR count). The molecule has 2 heterocycles. The third-order valence-electron chi connectivity index (χ3n) is 3.32. The number of rotatable bonds is 1. The Kier molecular flexibility index (Phi) is 4.58. The summed E-state index contributed by atoms with van der Waals surface area (Å²) >= 11 is 8.34. The third-order valence-corrected chi connectivity index (χ3v) is 6.56. The van der Waals surface area contributed by atoms with Gasteiger partial charge >= 0.3 is 0 Å². The third kappa shape index (κ3) is 3.50. The van der Waals surface area contributed by atoms with E-state index in [1.54, 1.807) is 0 Å². The van der Waals surface area contributed by atoms with Crippen molar-refractivity contribution < 1.29 is 4.79 Å². The molecular weight excluding hydrogens is 390 g/mol. The van der Waals surface area contributed by atoms with Crippen molar-refractivity contribution in [2.75, 3.05) is 13.1 Å². The predicted molar refractivity (Wildman–Crippen MR) is 87.8 cm³/mol. The molecular formula is C14H17Br2NOS. The average molecular weight is 407 g/mol. The molecule has 0 fully saturated rings. The van der Waals surface area contributed by atoms with E-state index >= 15 is 0 Å². The van der Waals surface area contributed by atoms with Crippen molar-refractivity contribution in [3.05, 3.63) is 30.9 Å². The zero-order chi connectivity index (χ0) is 14.2. The van der Waals surface area contributed by atoms with E-state index in [-0.39, 0.29) is 11.3 Å². The van der Waals surface area contributed by atoms with Gasteiger partial charge in [-0.1, -0.05) is 32.4 Å². The number of halogens is 2. The highest BCUT2D eigenvalue weighted by molar-refractivity contribution is 9.13. The molecule has 1 aliphatic heterocycles. The summed E-state index contributed by atoms with van der Waals surface area (Å²) in [4.78, 5) is 15.1. The molecule has 1 aliphatic rings. The van der Waals surface area contributed by atoms with Crippen LogP contribution in [0.2, 0.25) is 0 Å². The molecule has 19 heavy (non-hydrogen) atoms. The fourth-order valence-corrected chi connectivity index (χ4v) is 4.15. The van der Waals surface area contributed by atoms with Gasteiger partial charge in [0.15, 0.2) is 0 Å². The van der Waals surface area contributed by atoms with Crippen molar-refractivity contribution in [1.82, 2.24) is 4.90 Å². The largest absolute Gasteiger partial charge is 0.334 e. The zero-order valence-corrected chi connectivity index (χ0v) is 15.3. The van der Waals surface area contributed by atoms with Crippen LogP contribution in [0.25, 0.3) is 0 Å². The molecule has 104 valence electrons. The quantitative estimate of drug-likeness (QED) is 0.594. The summed E-state index contributed by atoms with van der Waals surface area (Å²) in [5, 5.41) is 0. The van der Waals surface area contributed by atoms with Gasteiger partial charge < -0.3 is 4.90 Å². The van der Waals surface area contributed by atoms with Crippen LogP contribution in [0.5, 0.6) is 0 Å². The number of hydrogen-bond acceptors (Lipinski definition) is 2. The first-order valence-corrected chi connectivity index (χ1v) is 8.63.